The molecule has 0 atom stereocenters. The first kappa shape index (κ1) is 13.5. The van der Waals surface area contributed by atoms with E-state index >= 15 is 0 Å². The van der Waals surface area contributed by atoms with Gasteiger partial charge >= 0.3 is 0 Å². The largest absolute Gasteiger partial charge is 0.0845 e. The monoisotopic (exact) mass is 193 g/mol. The standard InChI is InChI=1S/C14H25/c1-3-5-7-9-11-13-14-12-10-8-6-4-2/h3,5,7,9H,1,4,6,8,10-14H2,2H3. The lowest BCUT2D eigenvalue weighted by Gasteiger charge is -1.98. The summed E-state index contributed by atoms with van der Waals surface area (Å²) in [5.74, 6) is 0. The first-order valence-electron chi connectivity index (χ1n) is 6.02. The fraction of sp³-hybridized carbons (Fsp3) is 0.643. The molecule has 1 radical (unpaired) electrons. The molecule has 0 rings (SSSR count). The Kier molecular flexibility index (Phi) is 12.0. The van der Waals surface area contributed by atoms with Gasteiger partial charge in [-0.2, -0.15) is 0 Å². The van der Waals surface area contributed by atoms with Gasteiger partial charge in [-0.1, -0.05) is 69.8 Å². The molecule has 0 aliphatic heterocycles. The highest BCUT2D eigenvalue weighted by Crippen LogP contribution is 2.08. The van der Waals surface area contributed by atoms with Crippen LogP contribution in [0.15, 0.2) is 24.3 Å². The second-order valence-electron chi connectivity index (χ2n) is 3.77. The second kappa shape index (κ2) is 12.5. The van der Waals surface area contributed by atoms with Crippen molar-refractivity contribution in [1.82, 2.24) is 0 Å². The minimum atomic E-state index is 1.22. The number of allylic oxidation sites excluding steroid dienone is 4. The van der Waals surface area contributed by atoms with Crippen molar-refractivity contribution < 1.29 is 0 Å². The van der Waals surface area contributed by atoms with E-state index in [1.807, 2.05) is 12.2 Å². The zero-order valence-electron chi connectivity index (χ0n) is 9.67. The maximum atomic E-state index is 3.63. The van der Waals surface area contributed by atoms with Crippen LogP contribution in [0, 0.1) is 6.92 Å². The summed E-state index contributed by atoms with van der Waals surface area (Å²) in [6.07, 6.45) is 19.1. The molecule has 0 aromatic heterocycles. The third-order valence-corrected chi connectivity index (χ3v) is 2.36. The fourth-order valence-electron chi connectivity index (χ4n) is 1.47. The van der Waals surface area contributed by atoms with E-state index in [1.165, 1.54) is 51.4 Å². The normalized spacial score (nSPS) is 11.9. The average molecular weight is 193 g/mol. The summed E-state index contributed by atoms with van der Waals surface area (Å²) in [5, 5.41) is 0. The Morgan fingerprint density at radius 2 is 1.50 bits per heavy atom. The van der Waals surface area contributed by atoms with E-state index in [0.717, 1.165) is 0 Å². The van der Waals surface area contributed by atoms with Crippen molar-refractivity contribution in [2.24, 2.45) is 0 Å². The summed E-state index contributed by atoms with van der Waals surface area (Å²) < 4.78 is 0. The number of hydrogen-bond acceptors (Lipinski definition) is 0. The van der Waals surface area contributed by atoms with E-state index in [9.17, 15) is 0 Å². The molecule has 0 amide bonds. The van der Waals surface area contributed by atoms with Crippen LogP contribution in [0.5, 0.6) is 0 Å². The van der Waals surface area contributed by atoms with Crippen LogP contribution in [0.1, 0.15) is 58.3 Å². The van der Waals surface area contributed by atoms with Crippen molar-refractivity contribution in [1.29, 1.82) is 0 Å². The van der Waals surface area contributed by atoms with Gasteiger partial charge in [0, 0.05) is 0 Å². The number of hydrogen-bond donors (Lipinski definition) is 0. The summed E-state index contributed by atoms with van der Waals surface area (Å²) in [6.45, 7) is 5.89. The molecule has 0 nitrogen and oxygen atoms in total. The first-order valence-corrected chi connectivity index (χ1v) is 6.02. The fourth-order valence-corrected chi connectivity index (χ4v) is 1.47. The van der Waals surface area contributed by atoms with Crippen molar-refractivity contribution >= 4 is 0 Å². The number of unbranched alkanes of at least 4 members (excludes halogenated alkanes) is 7. The van der Waals surface area contributed by atoms with Gasteiger partial charge in [0.15, 0.2) is 0 Å². The van der Waals surface area contributed by atoms with E-state index in [-0.39, 0.29) is 0 Å². The lowest BCUT2D eigenvalue weighted by molar-refractivity contribution is 0.592. The summed E-state index contributed by atoms with van der Waals surface area (Å²) in [7, 11) is 0. The van der Waals surface area contributed by atoms with Gasteiger partial charge in [0.25, 0.3) is 0 Å². The zero-order chi connectivity index (χ0) is 10.5. The van der Waals surface area contributed by atoms with Crippen LogP contribution < -0.4 is 0 Å². The van der Waals surface area contributed by atoms with Crippen LogP contribution in [0.4, 0.5) is 0 Å². The smallest absolute Gasteiger partial charge is 0.0313 e. The zero-order valence-corrected chi connectivity index (χ0v) is 9.67. The van der Waals surface area contributed by atoms with Crippen LogP contribution in [0.25, 0.3) is 0 Å². The Bertz CT molecular complexity index is 142. The highest BCUT2D eigenvalue weighted by Gasteiger charge is 1.88. The Morgan fingerprint density at radius 3 is 2.14 bits per heavy atom. The lowest BCUT2D eigenvalue weighted by Crippen LogP contribution is -1.78. The molecule has 14 heavy (non-hydrogen) atoms. The van der Waals surface area contributed by atoms with Crippen LogP contribution in [-0.4, -0.2) is 0 Å². The maximum absolute atomic E-state index is 3.63. The van der Waals surface area contributed by atoms with Crippen LogP contribution >= 0.6 is 0 Å². The first-order chi connectivity index (χ1) is 6.91. The van der Waals surface area contributed by atoms with E-state index in [0.29, 0.717) is 0 Å². The Morgan fingerprint density at radius 1 is 0.857 bits per heavy atom. The van der Waals surface area contributed by atoms with Crippen molar-refractivity contribution in [3.05, 3.63) is 31.2 Å². The molecule has 0 heterocycles. The third-order valence-electron chi connectivity index (χ3n) is 2.36. The van der Waals surface area contributed by atoms with Gasteiger partial charge in [-0.15, -0.1) is 0 Å². The third kappa shape index (κ3) is 11.5. The van der Waals surface area contributed by atoms with E-state index < -0.39 is 0 Å². The molecule has 0 aliphatic rings. The predicted octanol–water partition coefficient (Wildman–Crippen LogP) is 5.07. The molecule has 0 heteroatoms. The molecule has 0 aliphatic carbocycles. The molecule has 0 aromatic rings. The SMILES string of the molecule is [CH2]C=CC=CCCCCCCCCC. The molecular formula is C14H25. The Labute approximate surface area is 90.1 Å². The highest BCUT2D eigenvalue weighted by molar-refractivity contribution is 5.03. The van der Waals surface area contributed by atoms with E-state index in [1.54, 1.807) is 0 Å². The minimum Gasteiger partial charge on any atom is -0.0845 e. The summed E-state index contributed by atoms with van der Waals surface area (Å²) in [6, 6.07) is 0. The van der Waals surface area contributed by atoms with Gasteiger partial charge in [0.05, 0.1) is 0 Å². The Balaban J connectivity index is 2.98. The van der Waals surface area contributed by atoms with Crippen LogP contribution in [-0.2, 0) is 0 Å². The summed E-state index contributed by atoms with van der Waals surface area (Å²) in [5.41, 5.74) is 0. The molecular weight excluding hydrogens is 168 g/mol. The van der Waals surface area contributed by atoms with Gasteiger partial charge in [0.2, 0.25) is 0 Å². The maximum Gasteiger partial charge on any atom is -0.0313 e. The van der Waals surface area contributed by atoms with Crippen molar-refractivity contribution in [2.45, 2.75) is 58.3 Å². The minimum absolute atomic E-state index is 1.22. The van der Waals surface area contributed by atoms with E-state index in [2.05, 4.69) is 26.0 Å². The van der Waals surface area contributed by atoms with Gasteiger partial charge in [-0.25, -0.2) is 0 Å². The van der Waals surface area contributed by atoms with Crippen LogP contribution in [0.3, 0.4) is 0 Å². The summed E-state index contributed by atoms with van der Waals surface area (Å²) >= 11 is 0. The van der Waals surface area contributed by atoms with Crippen molar-refractivity contribution in [2.75, 3.05) is 0 Å². The molecule has 0 N–H and O–H groups in total. The van der Waals surface area contributed by atoms with Crippen molar-refractivity contribution in [3.63, 3.8) is 0 Å². The second-order valence-corrected chi connectivity index (χ2v) is 3.77. The number of rotatable bonds is 9. The van der Waals surface area contributed by atoms with Gasteiger partial charge in [0.1, 0.15) is 0 Å². The molecule has 0 saturated heterocycles. The quantitative estimate of drug-likeness (QED) is 0.354. The molecule has 81 valence electrons. The molecule has 0 fully saturated rings. The lowest BCUT2D eigenvalue weighted by atomic mass is 10.1. The Hall–Kier alpha value is -0.520. The topological polar surface area (TPSA) is 0 Å². The molecule has 0 unspecified atom stereocenters. The highest BCUT2D eigenvalue weighted by atomic mass is 13.9. The molecule has 0 saturated carbocycles. The van der Waals surface area contributed by atoms with E-state index in [4.69, 9.17) is 0 Å². The van der Waals surface area contributed by atoms with Gasteiger partial charge < -0.3 is 0 Å². The van der Waals surface area contributed by atoms with Crippen LogP contribution in [0.2, 0.25) is 0 Å². The molecule has 0 spiro atoms. The average Bonchev–Trinajstić information content (AvgIpc) is 2.21. The molecule has 0 bridgehead atoms. The molecule has 0 aromatic carbocycles. The predicted molar refractivity (Wildman–Crippen MR) is 66.2 cm³/mol. The van der Waals surface area contributed by atoms with Crippen molar-refractivity contribution in [3.8, 4) is 0 Å². The summed E-state index contributed by atoms with van der Waals surface area (Å²) in [4.78, 5) is 0. The van der Waals surface area contributed by atoms with Gasteiger partial charge in [-0.05, 0) is 19.8 Å². The van der Waals surface area contributed by atoms with Gasteiger partial charge in [-0.3, -0.25) is 0 Å².